The topological polar surface area (TPSA) is 94.0 Å². The Morgan fingerprint density at radius 1 is 1.58 bits per heavy atom. The van der Waals surface area contributed by atoms with E-state index < -0.39 is 4.92 Å². The minimum Gasteiger partial charge on any atom is -0.487 e. The number of nitro benzene ring substituents is 1. The largest absolute Gasteiger partial charge is 0.487 e. The Labute approximate surface area is 108 Å². The molecule has 7 heteroatoms. The summed E-state index contributed by atoms with van der Waals surface area (Å²) in [7, 11) is 0. The van der Waals surface area contributed by atoms with Crippen LogP contribution >= 0.6 is 0 Å². The molecule has 0 bridgehead atoms. The molecule has 0 aliphatic rings. The second-order valence-corrected chi connectivity index (χ2v) is 3.57. The van der Waals surface area contributed by atoms with Gasteiger partial charge in [0.15, 0.2) is 5.75 Å². The Bertz CT molecular complexity index is 657. The molecule has 0 radical (unpaired) electrons. The van der Waals surface area contributed by atoms with Crippen molar-refractivity contribution in [2.75, 3.05) is 6.61 Å². The van der Waals surface area contributed by atoms with E-state index >= 15 is 0 Å². The molecule has 1 aromatic heterocycles. The number of hydrogen-bond acceptors (Lipinski definition) is 5. The lowest BCUT2D eigenvalue weighted by Crippen LogP contribution is -2.01. The Balaban J connectivity index is 2.52. The Hall–Kier alpha value is -2.88. The number of imidazole rings is 1. The van der Waals surface area contributed by atoms with Crippen LogP contribution in [-0.2, 0) is 0 Å². The van der Waals surface area contributed by atoms with Crippen molar-refractivity contribution in [3.63, 3.8) is 0 Å². The van der Waals surface area contributed by atoms with Crippen LogP contribution in [0.15, 0.2) is 30.6 Å². The van der Waals surface area contributed by atoms with Crippen LogP contribution in [-0.4, -0.2) is 21.1 Å². The highest BCUT2D eigenvalue weighted by atomic mass is 16.6. The minimum absolute atomic E-state index is 0.107. The van der Waals surface area contributed by atoms with E-state index in [0.717, 1.165) is 0 Å². The van der Waals surface area contributed by atoms with Crippen LogP contribution in [0.1, 0.15) is 12.7 Å². The maximum absolute atomic E-state index is 10.9. The van der Waals surface area contributed by atoms with Gasteiger partial charge in [-0.3, -0.25) is 14.7 Å². The second-order valence-electron chi connectivity index (χ2n) is 3.57. The second kappa shape index (κ2) is 5.18. The number of nitrogens with zero attached hydrogens (tertiary/aromatic N) is 4. The van der Waals surface area contributed by atoms with E-state index in [1.807, 2.05) is 6.07 Å². The van der Waals surface area contributed by atoms with Gasteiger partial charge in [0.2, 0.25) is 5.82 Å². The predicted octanol–water partition coefficient (Wildman–Crippen LogP) is 2.05. The van der Waals surface area contributed by atoms with Crippen molar-refractivity contribution in [1.29, 1.82) is 5.26 Å². The van der Waals surface area contributed by atoms with Crippen LogP contribution < -0.4 is 4.74 Å². The number of ether oxygens (including phenoxy) is 1. The van der Waals surface area contributed by atoms with Crippen molar-refractivity contribution < 1.29 is 9.66 Å². The molecule has 0 amide bonds. The summed E-state index contributed by atoms with van der Waals surface area (Å²) < 4.78 is 6.79. The number of nitriles is 1. The fourth-order valence-electron chi connectivity index (χ4n) is 1.67. The fourth-order valence-corrected chi connectivity index (χ4v) is 1.67. The molecule has 0 saturated carbocycles. The van der Waals surface area contributed by atoms with Gasteiger partial charge < -0.3 is 4.74 Å². The lowest BCUT2D eigenvalue weighted by atomic mass is 10.2. The Morgan fingerprint density at radius 2 is 2.37 bits per heavy atom. The van der Waals surface area contributed by atoms with E-state index in [4.69, 9.17) is 10.00 Å². The molecule has 0 aliphatic carbocycles. The molecule has 0 atom stereocenters. The summed E-state index contributed by atoms with van der Waals surface area (Å²) in [6.45, 7) is 2.06. The quantitative estimate of drug-likeness (QED) is 0.617. The van der Waals surface area contributed by atoms with Gasteiger partial charge in [0.05, 0.1) is 17.2 Å². The molecule has 0 aliphatic heterocycles. The Kier molecular flexibility index (Phi) is 3.43. The summed E-state index contributed by atoms with van der Waals surface area (Å²) in [5.41, 5.74) is 0.479. The van der Waals surface area contributed by atoms with Crippen molar-refractivity contribution in [2.45, 2.75) is 6.92 Å². The van der Waals surface area contributed by atoms with Crippen molar-refractivity contribution in [3.05, 3.63) is 46.5 Å². The van der Waals surface area contributed by atoms with E-state index in [9.17, 15) is 10.1 Å². The van der Waals surface area contributed by atoms with Crippen LogP contribution in [0.5, 0.6) is 5.75 Å². The number of aromatic nitrogens is 2. The van der Waals surface area contributed by atoms with Crippen molar-refractivity contribution in [3.8, 4) is 17.5 Å². The van der Waals surface area contributed by atoms with Crippen LogP contribution in [0.25, 0.3) is 5.69 Å². The van der Waals surface area contributed by atoms with Gasteiger partial charge in [0.25, 0.3) is 0 Å². The maximum atomic E-state index is 10.9. The molecule has 96 valence electrons. The molecule has 0 unspecified atom stereocenters. The molecule has 0 N–H and O–H groups in total. The summed E-state index contributed by atoms with van der Waals surface area (Å²) in [6.07, 6.45) is 3.09. The van der Waals surface area contributed by atoms with Crippen LogP contribution in [0.4, 0.5) is 5.69 Å². The number of benzene rings is 1. The molecular formula is C12H10N4O3. The van der Waals surface area contributed by atoms with Crippen molar-refractivity contribution >= 4 is 5.69 Å². The van der Waals surface area contributed by atoms with E-state index in [1.165, 1.54) is 22.9 Å². The molecule has 2 aromatic rings. The van der Waals surface area contributed by atoms with Gasteiger partial charge >= 0.3 is 5.69 Å². The van der Waals surface area contributed by atoms with Gasteiger partial charge in [0, 0.05) is 24.5 Å². The number of nitro groups is 1. The first kappa shape index (κ1) is 12.6. The van der Waals surface area contributed by atoms with Gasteiger partial charge in [-0.05, 0) is 13.0 Å². The zero-order valence-electron chi connectivity index (χ0n) is 10.1. The fraction of sp³-hybridized carbons (Fsp3) is 0.167. The molecule has 0 saturated heterocycles. The lowest BCUT2D eigenvalue weighted by molar-refractivity contribution is -0.385. The van der Waals surface area contributed by atoms with Crippen LogP contribution in [0, 0.1) is 21.4 Å². The Morgan fingerprint density at radius 3 is 3.00 bits per heavy atom. The predicted molar refractivity (Wildman–Crippen MR) is 66.1 cm³/mol. The smallest absolute Gasteiger partial charge is 0.311 e. The van der Waals surface area contributed by atoms with E-state index in [0.29, 0.717) is 12.3 Å². The third-order valence-electron chi connectivity index (χ3n) is 2.46. The summed E-state index contributed by atoms with van der Waals surface area (Å²) >= 11 is 0. The van der Waals surface area contributed by atoms with Crippen LogP contribution in [0.3, 0.4) is 0 Å². The standard InChI is InChI=1S/C12H10N4O3/c1-2-19-11-7-9(3-4-10(11)16(17)18)15-6-5-14-12(15)8-13/h3-7H,2H2,1H3. The molecule has 1 aromatic carbocycles. The van der Waals surface area contributed by atoms with Crippen LogP contribution in [0.2, 0.25) is 0 Å². The first-order valence-corrected chi connectivity index (χ1v) is 5.52. The maximum Gasteiger partial charge on any atom is 0.311 e. The molecule has 1 heterocycles. The minimum atomic E-state index is -0.506. The highest BCUT2D eigenvalue weighted by Gasteiger charge is 2.16. The average Bonchev–Trinajstić information content (AvgIpc) is 2.87. The highest BCUT2D eigenvalue weighted by Crippen LogP contribution is 2.29. The summed E-state index contributed by atoms with van der Waals surface area (Å²) in [6, 6.07) is 6.35. The van der Waals surface area contributed by atoms with E-state index in [1.54, 1.807) is 19.2 Å². The van der Waals surface area contributed by atoms with Gasteiger partial charge in [-0.2, -0.15) is 5.26 Å². The highest BCUT2D eigenvalue weighted by molar-refractivity contribution is 5.53. The molecule has 0 fully saturated rings. The van der Waals surface area contributed by atoms with Gasteiger partial charge in [-0.1, -0.05) is 0 Å². The third-order valence-corrected chi connectivity index (χ3v) is 2.46. The van der Waals surface area contributed by atoms with E-state index in [-0.39, 0.29) is 17.3 Å². The molecule has 0 spiro atoms. The first-order valence-electron chi connectivity index (χ1n) is 5.52. The monoisotopic (exact) mass is 258 g/mol. The number of rotatable bonds is 4. The third kappa shape index (κ3) is 2.37. The summed E-state index contributed by atoms with van der Waals surface area (Å²) in [4.78, 5) is 14.2. The average molecular weight is 258 g/mol. The van der Waals surface area contributed by atoms with Gasteiger partial charge in [-0.15, -0.1) is 0 Å². The van der Waals surface area contributed by atoms with Gasteiger partial charge in [-0.25, -0.2) is 4.98 Å². The summed E-state index contributed by atoms with van der Waals surface area (Å²) in [5.74, 6) is 0.374. The SMILES string of the molecule is CCOc1cc(-n2ccnc2C#N)ccc1[N+](=O)[O-]. The van der Waals surface area contributed by atoms with Gasteiger partial charge in [0.1, 0.15) is 6.07 Å². The zero-order chi connectivity index (χ0) is 13.8. The van der Waals surface area contributed by atoms with Crippen molar-refractivity contribution in [2.24, 2.45) is 0 Å². The van der Waals surface area contributed by atoms with E-state index in [2.05, 4.69) is 4.98 Å². The first-order chi connectivity index (χ1) is 9.17. The molecule has 2 rings (SSSR count). The summed E-state index contributed by atoms with van der Waals surface area (Å²) in [5, 5.41) is 19.8. The molecular weight excluding hydrogens is 248 g/mol. The lowest BCUT2D eigenvalue weighted by Gasteiger charge is -2.08. The molecule has 7 nitrogen and oxygen atoms in total. The van der Waals surface area contributed by atoms with Crippen molar-refractivity contribution in [1.82, 2.24) is 9.55 Å². The zero-order valence-corrected chi connectivity index (χ0v) is 10.1. The number of hydrogen-bond donors (Lipinski definition) is 0. The molecule has 19 heavy (non-hydrogen) atoms. The normalized spacial score (nSPS) is 9.89.